The van der Waals surface area contributed by atoms with Gasteiger partial charge in [0.15, 0.2) is 5.82 Å². The molecule has 3 saturated heterocycles. The Labute approximate surface area is 482 Å². The molecule has 21 heteroatoms. The zero-order valence-electron chi connectivity index (χ0n) is 47.5. The van der Waals surface area contributed by atoms with Crippen molar-refractivity contribution in [1.29, 1.82) is 0 Å². The van der Waals surface area contributed by atoms with Crippen LogP contribution in [0.15, 0.2) is 89.8 Å². The zero-order chi connectivity index (χ0) is 58.5. The van der Waals surface area contributed by atoms with Crippen LogP contribution < -0.4 is 24.0 Å². The molecule has 0 N–H and O–H groups in total. The maximum atomic E-state index is 18.1. The Kier molecular flexibility index (Phi) is 18.7. The summed E-state index contributed by atoms with van der Waals surface area (Å²) in [5.74, 6) is 0.550. The van der Waals surface area contributed by atoms with Crippen LogP contribution in [0.4, 0.5) is 34.0 Å². The number of alkyl halides is 3. The van der Waals surface area contributed by atoms with Gasteiger partial charge in [-0.3, -0.25) is 14.0 Å². The molecule has 1 amide bonds. The van der Waals surface area contributed by atoms with Crippen LogP contribution in [0, 0.1) is 19.7 Å². The Hall–Kier alpha value is -6.48. The topological polar surface area (TPSA) is 149 Å². The molecule has 82 heavy (non-hydrogen) atoms. The number of nitrogens with zero attached hydrogens (tertiary/aromatic N) is 7. The number of hydrogen-bond donors (Lipinski definition) is 0. The number of aryl methyl sites for hydroxylation is 2. The molecule has 440 valence electrons. The summed E-state index contributed by atoms with van der Waals surface area (Å²) in [5, 5.41) is -0.168. The number of unbranched alkanes of at least 4 members (excludes halogenated alkanes) is 4. The summed E-state index contributed by atoms with van der Waals surface area (Å²) < 4.78 is 118. The van der Waals surface area contributed by atoms with Gasteiger partial charge in [0.05, 0.1) is 59.6 Å². The first-order valence-corrected chi connectivity index (χ1v) is 29.8. The van der Waals surface area contributed by atoms with Gasteiger partial charge in [-0.25, -0.2) is 14.2 Å². The molecule has 6 aromatic rings. The SMILES string of the molecule is COc1ccc(CN(Cc2ccc(OC)cc2)c2cc(C)c(C(F)(F)F)c(-c3c(Cl)cc4c(N5CC6CCC(C5)N6C(=O)OC(C)(C)C)nc(OC[C@@H]5CCCN5CCCCCCCOS(=O)(=O)c5ccc(C)cc5)nc4c3F)n2)cc1. The highest BCUT2D eigenvalue weighted by atomic mass is 35.5. The molecule has 0 saturated carbocycles. The van der Waals surface area contributed by atoms with Crippen molar-refractivity contribution in [2.45, 2.75) is 140 Å². The number of methoxy groups -OCH3 is 2. The van der Waals surface area contributed by atoms with Crippen molar-refractivity contribution in [1.82, 2.24) is 24.8 Å². The predicted molar refractivity (Wildman–Crippen MR) is 308 cm³/mol. The van der Waals surface area contributed by atoms with Gasteiger partial charge in [-0.1, -0.05) is 72.8 Å². The standard InChI is InChI=1S/C61H72ClF4N7O8S/c1-39-15-27-48(28-16-39)82(75,76)80-31-12-10-8-9-11-29-70-30-13-14-45(70)38-79-58-68-55-49(57(69-58)72-36-43-21-22-44(37-72)73(43)59(74)81-60(3,4)5)33-50(62)52(54(55)63)56-53(61(64,65)66)40(2)32-51(67-56)71(34-41-17-23-46(77-6)24-18-41)35-42-19-25-47(78-7)26-20-42/h15-20,23-28,32-33,43-45H,8-14,21-22,29-31,34-38H2,1-7H3/t43?,44?,45-/m0/s1. The van der Waals surface area contributed by atoms with E-state index >= 15 is 17.6 Å². The smallest absolute Gasteiger partial charge is 0.418 e. The quantitative estimate of drug-likeness (QED) is 0.0360. The number of rotatable bonds is 22. The number of halogens is 5. The molecule has 0 spiro atoms. The van der Waals surface area contributed by atoms with E-state index in [0.29, 0.717) is 43.9 Å². The van der Waals surface area contributed by atoms with E-state index in [0.717, 1.165) is 68.3 Å². The first-order chi connectivity index (χ1) is 39.1. The maximum absolute atomic E-state index is 18.1. The largest absolute Gasteiger partial charge is 0.497 e. The number of piperazine rings is 1. The Bertz CT molecular complexity index is 3250. The molecule has 3 atom stereocenters. The predicted octanol–water partition coefficient (Wildman–Crippen LogP) is 13.1. The van der Waals surface area contributed by atoms with E-state index in [9.17, 15) is 13.2 Å². The summed E-state index contributed by atoms with van der Waals surface area (Å²) in [7, 11) is -0.701. The number of carbonyl (C=O) groups is 1. The number of benzene rings is 4. The fraction of sp³-hybridized carbons (Fsp3) is 0.475. The van der Waals surface area contributed by atoms with Gasteiger partial charge >= 0.3 is 18.3 Å². The minimum absolute atomic E-state index is 0.0231. The highest BCUT2D eigenvalue weighted by molar-refractivity contribution is 7.86. The van der Waals surface area contributed by atoms with Crippen molar-refractivity contribution in [3.63, 3.8) is 0 Å². The Morgan fingerprint density at radius 3 is 2.00 bits per heavy atom. The lowest BCUT2D eigenvalue weighted by molar-refractivity contribution is -0.137. The van der Waals surface area contributed by atoms with E-state index < -0.39 is 50.6 Å². The number of aromatic nitrogens is 3. The van der Waals surface area contributed by atoms with Gasteiger partial charge in [0, 0.05) is 37.6 Å². The Morgan fingerprint density at radius 1 is 0.793 bits per heavy atom. The van der Waals surface area contributed by atoms with Crippen LogP contribution in [-0.2, 0) is 38.3 Å². The number of anilines is 2. The van der Waals surface area contributed by atoms with Gasteiger partial charge in [0.1, 0.15) is 40.9 Å². The van der Waals surface area contributed by atoms with E-state index in [1.54, 1.807) is 67.7 Å². The third-order valence-electron chi connectivity index (χ3n) is 15.4. The van der Waals surface area contributed by atoms with Crippen LogP contribution in [0.1, 0.15) is 106 Å². The Balaban J connectivity index is 1.01. The highest BCUT2D eigenvalue weighted by Crippen LogP contribution is 2.46. The van der Waals surface area contributed by atoms with Crippen molar-refractivity contribution in [3.8, 4) is 28.8 Å². The normalized spacial score (nSPS) is 17.6. The van der Waals surface area contributed by atoms with Crippen LogP contribution in [-0.4, -0.2) is 117 Å². The summed E-state index contributed by atoms with van der Waals surface area (Å²) in [5.41, 5.74) is -1.05. The van der Waals surface area contributed by atoms with Crippen molar-refractivity contribution < 1.29 is 53.9 Å². The third kappa shape index (κ3) is 14.3. The van der Waals surface area contributed by atoms with Crippen LogP contribution in [0.3, 0.4) is 0 Å². The fourth-order valence-electron chi connectivity index (χ4n) is 11.3. The Morgan fingerprint density at radius 2 is 1.40 bits per heavy atom. The van der Waals surface area contributed by atoms with Crippen LogP contribution in [0.2, 0.25) is 5.02 Å². The van der Waals surface area contributed by atoms with E-state index in [1.807, 2.05) is 61.8 Å². The number of fused-ring (bicyclic) bond motifs is 3. The van der Waals surface area contributed by atoms with Crippen LogP contribution in [0.25, 0.3) is 22.2 Å². The lowest BCUT2D eigenvalue weighted by atomic mass is 9.98. The van der Waals surface area contributed by atoms with Crippen molar-refractivity contribution >= 4 is 50.4 Å². The van der Waals surface area contributed by atoms with Gasteiger partial charge in [0.25, 0.3) is 10.1 Å². The lowest BCUT2D eigenvalue weighted by Gasteiger charge is -2.42. The van der Waals surface area contributed by atoms with Crippen LogP contribution >= 0.6 is 11.6 Å². The molecule has 15 nitrogen and oxygen atoms in total. The second-order valence-corrected chi connectivity index (χ2v) is 24.5. The monoisotopic (exact) mass is 1170 g/mol. The molecular formula is C61H72ClF4N7O8S. The molecule has 5 heterocycles. The highest BCUT2D eigenvalue weighted by Gasteiger charge is 2.46. The van der Waals surface area contributed by atoms with Gasteiger partial charge in [0.2, 0.25) is 0 Å². The molecule has 3 aliphatic rings. The first kappa shape index (κ1) is 60.1. The number of likely N-dealkylation sites (tertiary alicyclic amines) is 1. The maximum Gasteiger partial charge on any atom is 0.418 e. The summed E-state index contributed by atoms with van der Waals surface area (Å²) in [4.78, 5) is 35.9. The second kappa shape index (κ2) is 25.6. The summed E-state index contributed by atoms with van der Waals surface area (Å²) in [6.07, 6.45) is 1.86. The van der Waals surface area contributed by atoms with Gasteiger partial charge in [-0.2, -0.15) is 31.6 Å². The van der Waals surface area contributed by atoms with Gasteiger partial charge < -0.3 is 28.7 Å². The molecule has 3 fully saturated rings. The number of ether oxygens (including phenoxy) is 4. The van der Waals surface area contributed by atoms with Gasteiger partial charge in [-0.05, 0) is 151 Å². The molecule has 2 unspecified atom stereocenters. The molecule has 3 aliphatic heterocycles. The molecule has 0 radical (unpaired) electrons. The average molecular weight is 1170 g/mol. The van der Waals surface area contributed by atoms with Gasteiger partial charge in [-0.15, -0.1) is 0 Å². The molecule has 9 rings (SSSR count). The van der Waals surface area contributed by atoms with E-state index in [1.165, 1.54) is 19.1 Å². The summed E-state index contributed by atoms with van der Waals surface area (Å²) in [6, 6.07) is 23.2. The van der Waals surface area contributed by atoms with Crippen molar-refractivity contribution in [2.24, 2.45) is 0 Å². The average Bonchev–Trinajstić information content (AvgIpc) is 2.04. The molecule has 2 bridgehead atoms. The van der Waals surface area contributed by atoms with Crippen LogP contribution in [0.5, 0.6) is 17.5 Å². The second-order valence-electron chi connectivity index (χ2n) is 22.5. The van der Waals surface area contributed by atoms with Crippen molar-refractivity contribution in [2.75, 3.05) is 63.4 Å². The number of amides is 1. The minimum atomic E-state index is -4.99. The molecular weight excluding hydrogens is 1100 g/mol. The lowest BCUT2D eigenvalue weighted by Crippen LogP contribution is -2.57. The molecule has 0 aliphatic carbocycles. The first-order valence-electron chi connectivity index (χ1n) is 28.0. The number of hydrogen-bond acceptors (Lipinski definition) is 14. The summed E-state index contributed by atoms with van der Waals surface area (Å²) in [6.45, 7) is 11.6. The number of pyridine rings is 1. The zero-order valence-corrected chi connectivity index (χ0v) is 49.1. The molecule has 2 aromatic heterocycles. The third-order valence-corrected chi connectivity index (χ3v) is 17.0. The number of carbonyl (C=O) groups excluding carboxylic acids is 1. The van der Waals surface area contributed by atoms with E-state index in [2.05, 4.69) is 9.88 Å². The van der Waals surface area contributed by atoms with E-state index in [-0.39, 0.29) is 88.5 Å². The summed E-state index contributed by atoms with van der Waals surface area (Å²) >= 11 is 7.11. The minimum Gasteiger partial charge on any atom is -0.497 e. The fourth-order valence-corrected chi connectivity index (χ4v) is 12.5. The molecule has 4 aromatic carbocycles. The van der Waals surface area contributed by atoms with Crippen molar-refractivity contribution in [3.05, 3.63) is 124 Å². The van der Waals surface area contributed by atoms with E-state index in [4.69, 9.17) is 44.7 Å².